The fraction of sp³-hybridized carbons (Fsp3) is 0.357. The molecular formula is C14H18N2O. The van der Waals surface area contributed by atoms with E-state index in [9.17, 15) is 0 Å². The summed E-state index contributed by atoms with van der Waals surface area (Å²) in [5.41, 5.74) is 7.89. The van der Waals surface area contributed by atoms with Crippen LogP contribution >= 0.6 is 0 Å². The summed E-state index contributed by atoms with van der Waals surface area (Å²) >= 11 is 0. The molecule has 0 aliphatic rings. The topological polar surface area (TPSA) is 52.0 Å². The molecule has 90 valence electrons. The van der Waals surface area contributed by atoms with Gasteiger partial charge in [-0.05, 0) is 12.0 Å². The number of aromatic nitrogens is 1. The number of oxazole rings is 1. The molecule has 3 nitrogen and oxygen atoms in total. The van der Waals surface area contributed by atoms with Gasteiger partial charge in [0.05, 0.1) is 6.20 Å². The highest BCUT2D eigenvalue weighted by Gasteiger charge is 2.05. The van der Waals surface area contributed by atoms with Crippen molar-refractivity contribution in [2.45, 2.75) is 26.2 Å². The Morgan fingerprint density at radius 3 is 2.59 bits per heavy atom. The predicted octanol–water partition coefficient (Wildman–Crippen LogP) is 2.80. The van der Waals surface area contributed by atoms with Crippen molar-refractivity contribution in [1.29, 1.82) is 0 Å². The molecule has 0 bridgehead atoms. The van der Waals surface area contributed by atoms with Gasteiger partial charge >= 0.3 is 0 Å². The zero-order valence-corrected chi connectivity index (χ0v) is 10.1. The molecule has 0 saturated carbocycles. The van der Waals surface area contributed by atoms with Gasteiger partial charge in [-0.25, -0.2) is 4.98 Å². The van der Waals surface area contributed by atoms with E-state index in [2.05, 4.69) is 36.2 Å². The van der Waals surface area contributed by atoms with E-state index in [0.29, 0.717) is 18.9 Å². The highest BCUT2D eigenvalue weighted by atomic mass is 16.4. The first-order valence-electron chi connectivity index (χ1n) is 6.07. The van der Waals surface area contributed by atoms with Crippen molar-refractivity contribution >= 4 is 0 Å². The van der Waals surface area contributed by atoms with Gasteiger partial charge in [-0.15, -0.1) is 0 Å². The zero-order valence-electron chi connectivity index (χ0n) is 10.1. The third-order valence-corrected chi connectivity index (χ3v) is 2.69. The molecule has 3 heteroatoms. The molecule has 0 aliphatic carbocycles. The highest BCUT2D eigenvalue weighted by molar-refractivity contribution is 5.56. The van der Waals surface area contributed by atoms with Gasteiger partial charge in [0.15, 0.2) is 11.7 Å². The molecular weight excluding hydrogens is 212 g/mol. The SMILES string of the molecule is CCCc1ccc(-c2cnc(CCN)o2)cc1. The van der Waals surface area contributed by atoms with Crippen LogP contribution in [0.3, 0.4) is 0 Å². The van der Waals surface area contributed by atoms with Crippen LogP contribution in [-0.4, -0.2) is 11.5 Å². The van der Waals surface area contributed by atoms with Crippen LogP contribution in [0.1, 0.15) is 24.8 Å². The smallest absolute Gasteiger partial charge is 0.196 e. The van der Waals surface area contributed by atoms with Crippen LogP contribution < -0.4 is 5.73 Å². The number of nitrogens with two attached hydrogens (primary N) is 1. The van der Waals surface area contributed by atoms with E-state index in [-0.39, 0.29) is 0 Å². The first-order chi connectivity index (χ1) is 8.33. The fourth-order valence-corrected chi connectivity index (χ4v) is 1.81. The van der Waals surface area contributed by atoms with E-state index in [0.717, 1.165) is 17.7 Å². The summed E-state index contributed by atoms with van der Waals surface area (Å²) in [4.78, 5) is 4.19. The molecule has 2 N–H and O–H groups in total. The van der Waals surface area contributed by atoms with Crippen LogP contribution in [0.2, 0.25) is 0 Å². The van der Waals surface area contributed by atoms with Gasteiger partial charge < -0.3 is 10.2 Å². The van der Waals surface area contributed by atoms with E-state index in [4.69, 9.17) is 10.2 Å². The molecule has 1 aromatic heterocycles. The Labute approximate surface area is 102 Å². The Morgan fingerprint density at radius 2 is 1.94 bits per heavy atom. The molecule has 2 rings (SSSR count). The molecule has 0 atom stereocenters. The van der Waals surface area contributed by atoms with Crippen molar-refractivity contribution in [3.8, 4) is 11.3 Å². The maximum atomic E-state index is 5.62. The standard InChI is InChI=1S/C14H18N2O/c1-2-3-11-4-6-12(7-5-11)13-10-16-14(17-13)8-9-15/h4-7,10H,2-3,8-9,15H2,1H3. The van der Waals surface area contributed by atoms with Gasteiger partial charge in [-0.3, -0.25) is 0 Å². The first-order valence-corrected chi connectivity index (χ1v) is 6.07. The van der Waals surface area contributed by atoms with Gasteiger partial charge in [0.1, 0.15) is 0 Å². The predicted molar refractivity (Wildman–Crippen MR) is 68.7 cm³/mol. The molecule has 1 aromatic carbocycles. The molecule has 0 aliphatic heterocycles. The lowest BCUT2D eigenvalue weighted by atomic mass is 10.1. The van der Waals surface area contributed by atoms with Crippen LogP contribution in [-0.2, 0) is 12.8 Å². The van der Waals surface area contributed by atoms with Gasteiger partial charge in [0, 0.05) is 18.5 Å². The maximum absolute atomic E-state index is 5.62. The summed E-state index contributed by atoms with van der Waals surface area (Å²) in [5.74, 6) is 1.52. The molecule has 0 radical (unpaired) electrons. The van der Waals surface area contributed by atoms with Gasteiger partial charge in [-0.2, -0.15) is 0 Å². The summed E-state index contributed by atoms with van der Waals surface area (Å²) in [6.45, 7) is 2.75. The average molecular weight is 230 g/mol. The molecule has 0 fully saturated rings. The van der Waals surface area contributed by atoms with Crippen LogP contribution in [0.5, 0.6) is 0 Å². The van der Waals surface area contributed by atoms with Gasteiger partial charge in [-0.1, -0.05) is 37.6 Å². The van der Waals surface area contributed by atoms with E-state index >= 15 is 0 Å². The summed E-state index contributed by atoms with van der Waals surface area (Å²) < 4.78 is 5.62. The minimum Gasteiger partial charge on any atom is -0.441 e. The second-order valence-electron chi connectivity index (χ2n) is 4.10. The van der Waals surface area contributed by atoms with Crippen molar-refractivity contribution in [3.63, 3.8) is 0 Å². The summed E-state index contributed by atoms with van der Waals surface area (Å²) in [7, 11) is 0. The average Bonchev–Trinajstić information content (AvgIpc) is 2.80. The number of hydrogen-bond acceptors (Lipinski definition) is 3. The van der Waals surface area contributed by atoms with E-state index in [1.165, 1.54) is 12.0 Å². The number of aryl methyl sites for hydroxylation is 1. The lowest BCUT2D eigenvalue weighted by Gasteiger charge is -2.00. The van der Waals surface area contributed by atoms with E-state index in [1.807, 2.05) is 0 Å². The Kier molecular flexibility index (Phi) is 3.94. The first kappa shape index (κ1) is 11.9. The quantitative estimate of drug-likeness (QED) is 0.859. The molecule has 0 unspecified atom stereocenters. The third kappa shape index (κ3) is 2.94. The number of benzene rings is 1. The maximum Gasteiger partial charge on any atom is 0.196 e. The Balaban J connectivity index is 2.15. The minimum absolute atomic E-state index is 0.565. The minimum atomic E-state index is 0.565. The number of rotatable bonds is 5. The van der Waals surface area contributed by atoms with Crippen LogP contribution in [0.15, 0.2) is 34.9 Å². The lowest BCUT2D eigenvalue weighted by molar-refractivity contribution is 0.508. The van der Waals surface area contributed by atoms with E-state index < -0.39 is 0 Å². The Bertz CT molecular complexity index is 459. The van der Waals surface area contributed by atoms with Crippen molar-refractivity contribution < 1.29 is 4.42 Å². The zero-order chi connectivity index (χ0) is 12.1. The Hall–Kier alpha value is -1.61. The number of hydrogen-bond donors (Lipinski definition) is 1. The van der Waals surface area contributed by atoms with E-state index in [1.54, 1.807) is 6.20 Å². The highest BCUT2D eigenvalue weighted by Crippen LogP contribution is 2.21. The molecule has 0 spiro atoms. The summed E-state index contributed by atoms with van der Waals surface area (Å²) in [5, 5.41) is 0. The van der Waals surface area contributed by atoms with Crippen molar-refractivity contribution in [3.05, 3.63) is 41.9 Å². The molecule has 0 amide bonds. The van der Waals surface area contributed by atoms with Crippen molar-refractivity contribution in [2.75, 3.05) is 6.54 Å². The van der Waals surface area contributed by atoms with Crippen LogP contribution in [0.25, 0.3) is 11.3 Å². The largest absolute Gasteiger partial charge is 0.441 e. The Morgan fingerprint density at radius 1 is 1.18 bits per heavy atom. The normalized spacial score (nSPS) is 10.7. The second-order valence-corrected chi connectivity index (χ2v) is 4.10. The molecule has 1 heterocycles. The van der Waals surface area contributed by atoms with Crippen molar-refractivity contribution in [2.24, 2.45) is 5.73 Å². The fourth-order valence-electron chi connectivity index (χ4n) is 1.81. The van der Waals surface area contributed by atoms with Gasteiger partial charge in [0.2, 0.25) is 0 Å². The molecule has 0 saturated heterocycles. The lowest BCUT2D eigenvalue weighted by Crippen LogP contribution is -2.02. The van der Waals surface area contributed by atoms with Crippen molar-refractivity contribution in [1.82, 2.24) is 4.98 Å². The second kappa shape index (κ2) is 5.64. The monoisotopic (exact) mass is 230 g/mol. The third-order valence-electron chi connectivity index (χ3n) is 2.69. The van der Waals surface area contributed by atoms with Crippen LogP contribution in [0, 0.1) is 0 Å². The molecule has 2 aromatic rings. The van der Waals surface area contributed by atoms with Gasteiger partial charge in [0.25, 0.3) is 0 Å². The summed E-state index contributed by atoms with van der Waals surface area (Å²) in [6, 6.07) is 8.45. The molecule has 17 heavy (non-hydrogen) atoms. The number of nitrogens with zero attached hydrogens (tertiary/aromatic N) is 1. The summed E-state index contributed by atoms with van der Waals surface area (Å²) in [6.07, 6.45) is 4.74. The van der Waals surface area contributed by atoms with Crippen LogP contribution in [0.4, 0.5) is 0 Å².